The van der Waals surface area contributed by atoms with Crippen molar-refractivity contribution in [3.8, 4) is 0 Å². The molecule has 0 unspecified atom stereocenters. The summed E-state index contributed by atoms with van der Waals surface area (Å²) in [5.74, 6) is 0.757. The Hall–Kier alpha value is 0.310. The topological polar surface area (TPSA) is 9.23 Å². The van der Waals surface area contributed by atoms with Gasteiger partial charge in [0, 0.05) is 5.25 Å². The van der Waals surface area contributed by atoms with E-state index in [9.17, 15) is 0 Å². The van der Waals surface area contributed by atoms with Crippen molar-refractivity contribution >= 4 is 11.8 Å². The molecule has 1 nitrogen and oxygen atoms in total. The number of thioether (sulfide) groups is 1. The molecule has 0 amide bonds. The van der Waals surface area contributed by atoms with Gasteiger partial charge >= 0.3 is 0 Å². The molecule has 2 heteroatoms. The van der Waals surface area contributed by atoms with Crippen LogP contribution in [-0.4, -0.2) is 23.7 Å². The van der Waals surface area contributed by atoms with Gasteiger partial charge in [0.1, 0.15) is 0 Å². The summed E-state index contributed by atoms with van der Waals surface area (Å²) in [5, 5.41) is 0.757. The first-order valence-corrected chi connectivity index (χ1v) is 6.74. The van der Waals surface area contributed by atoms with Gasteiger partial charge in [-0.05, 0) is 25.0 Å². The van der Waals surface area contributed by atoms with Crippen LogP contribution in [0, 0.1) is 5.92 Å². The van der Waals surface area contributed by atoms with Crippen LogP contribution in [0.15, 0.2) is 0 Å². The molecule has 0 aromatic rings. The lowest BCUT2D eigenvalue weighted by Crippen LogP contribution is -2.40. The fourth-order valence-electron chi connectivity index (χ4n) is 3.01. The van der Waals surface area contributed by atoms with E-state index in [1.165, 1.54) is 32.1 Å². The maximum absolute atomic E-state index is 6.08. The van der Waals surface area contributed by atoms with Crippen LogP contribution in [0.1, 0.15) is 39.0 Å². The molecular formula is C11H20OS. The monoisotopic (exact) mass is 200 g/mol. The van der Waals surface area contributed by atoms with Gasteiger partial charge in [-0.2, -0.15) is 11.8 Å². The Kier molecular flexibility index (Phi) is 2.89. The Bertz CT molecular complexity index is 169. The molecule has 2 atom stereocenters. The van der Waals surface area contributed by atoms with Crippen LogP contribution >= 0.6 is 11.8 Å². The molecular weight excluding hydrogens is 180 g/mol. The Labute approximate surface area is 85.6 Å². The van der Waals surface area contributed by atoms with E-state index in [0.717, 1.165) is 17.8 Å². The second-order valence-corrected chi connectivity index (χ2v) is 5.55. The number of ether oxygens (including phenoxy) is 1. The minimum absolute atomic E-state index is 0.275. The molecule has 0 aromatic heterocycles. The summed E-state index contributed by atoms with van der Waals surface area (Å²) in [5.41, 5.74) is 0.275. The summed E-state index contributed by atoms with van der Waals surface area (Å²) in [7, 11) is 0. The zero-order valence-corrected chi connectivity index (χ0v) is 9.53. The zero-order valence-electron chi connectivity index (χ0n) is 8.71. The van der Waals surface area contributed by atoms with Crippen molar-refractivity contribution in [1.29, 1.82) is 0 Å². The molecule has 2 rings (SSSR count). The average molecular weight is 200 g/mol. The van der Waals surface area contributed by atoms with Crippen molar-refractivity contribution in [2.45, 2.75) is 49.9 Å². The lowest BCUT2D eigenvalue weighted by molar-refractivity contribution is -0.0219. The first kappa shape index (κ1) is 9.85. The highest BCUT2D eigenvalue weighted by Crippen LogP contribution is 2.46. The second kappa shape index (κ2) is 3.82. The first-order chi connectivity index (χ1) is 6.28. The Morgan fingerprint density at radius 3 is 2.54 bits per heavy atom. The highest BCUT2D eigenvalue weighted by Gasteiger charge is 2.47. The Morgan fingerprint density at radius 2 is 1.92 bits per heavy atom. The lowest BCUT2D eigenvalue weighted by Gasteiger charge is -2.37. The molecule has 1 heterocycles. The predicted octanol–water partition coefficient (Wildman–Crippen LogP) is 3.09. The smallest absolute Gasteiger partial charge is 0.0804 e. The normalized spacial score (nSPS) is 38.3. The summed E-state index contributed by atoms with van der Waals surface area (Å²) < 4.78 is 6.08. The predicted molar refractivity (Wildman–Crippen MR) is 58.2 cm³/mol. The van der Waals surface area contributed by atoms with E-state index in [1.54, 1.807) is 0 Å². The third kappa shape index (κ3) is 1.63. The van der Waals surface area contributed by atoms with Gasteiger partial charge in [-0.25, -0.2) is 0 Å². The zero-order chi connectivity index (χ0) is 9.31. The fraction of sp³-hybridized carbons (Fsp3) is 1.00. The van der Waals surface area contributed by atoms with Gasteiger partial charge in [-0.3, -0.25) is 0 Å². The highest BCUT2D eigenvalue weighted by molar-refractivity contribution is 7.99. The molecule has 0 N–H and O–H groups in total. The Balaban J connectivity index is 2.11. The van der Waals surface area contributed by atoms with Crippen molar-refractivity contribution in [1.82, 2.24) is 0 Å². The standard InChI is InChI=1S/C11H20OS/c1-9-8-12-11(10(9)13-2)6-4-3-5-7-11/h9-10H,3-8H2,1-2H3/t9-,10+/m0/s1. The summed E-state index contributed by atoms with van der Waals surface area (Å²) in [4.78, 5) is 0. The van der Waals surface area contributed by atoms with Crippen molar-refractivity contribution in [3.05, 3.63) is 0 Å². The van der Waals surface area contributed by atoms with Gasteiger partial charge < -0.3 is 4.74 Å². The highest BCUT2D eigenvalue weighted by atomic mass is 32.2. The van der Waals surface area contributed by atoms with Crippen LogP contribution in [-0.2, 0) is 4.74 Å². The van der Waals surface area contributed by atoms with Crippen LogP contribution < -0.4 is 0 Å². The minimum atomic E-state index is 0.275. The van der Waals surface area contributed by atoms with Gasteiger partial charge in [0.25, 0.3) is 0 Å². The third-order valence-electron chi connectivity index (χ3n) is 3.62. The molecule has 0 radical (unpaired) electrons. The van der Waals surface area contributed by atoms with Crippen molar-refractivity contribution in [3.63, 3.8) is 0 Å². The van der Waals surface area contributed by atoms with E-state index in [-0.39, 0.29) is 5.60 Å². The quantitative estimate of drug-likeness (QED) is 0.643. The van der Waals surface area contributed by atoms with Crippen LogP contribution in [0.4, 0.5) is 0 Å². The summed E-state index contributed by atoms with van der Waals surface area (Å²) in [6.07, 6.45) is 9.03. The van der Waals surface area contributed by atoms with Crippen LogP contribution in [0.3, 0.4) is 0 Å². The average Bonchev–Trinajstić information content (AvgIpc) is 2.45. The molecule has 13 heavy (non-hydrogen) atoms. The molecule has 1 saturated carbocycles. The van der Waals surface area contributed by atoms with Gasteiger partial charge in [0.05, 0.1) is 12.2 Å². The summed E-state index contributed by atoms with van der Waals surface area (Å²) >= 11 is 2.02. The largest absolute Gasteiger partial charge is 0.374 e. The van der Waals surface area contributed by atoms with Gasteiger partial charge in [-0.15, -0.1) is 0 Å². The fourth-order valence-corrected chi connectivity index (χ4v) is 4.29. The van der Waals surface area contributed by atoms with E-state index in [0.29, 0.717) is 0 Å². The maximum Gasteiger partial charge on any atom is 0.0804 e. The van der Waals surface area contributed by atoms with Crippen molar-refractivity contribution < 1.29 is 4.74 Å². The van der Waals surface area contributed by atoms with Gasteiger partial charge in [-0.1, -0.05) is 26.2 Å². The molecule has 2 aliphatic rings. The van der Waals surface area contributed by atoms with Gasteiger partial charge in [0.2, 0.25) is 0 Å². The van der Waals surface area contributed by atoms with E-state index < -0.39 is 0 Å². The maximum atomic E-state index is 6.08. The lowest BCUT2D eigenvalue weighted by atomic mass is 9.80. The van der Waals surface area contributed by atoms with E-state index >= 15 is 0 Å². The molecule has 1 saturated heterocycles. The minimum Gasteiger partial charge on any atom is -0.374 e. The number of hydrogen-bond donors (Lipinski definition) is 0. The molecule has 0 bridgehead atoms. The second-order valence-electron chi connectivity index (χ2n) is 4.57. The Morgan fingerprint density at radius 1 is 1.23 bits per heavy atom. The van der Waals surface area contributed by atoms with Crippen molar-refractivity contribution in [2.75, 3.05) is 12.9 Å². The van der Waals surface area contributed by atoms with Crippen molar-refractivity contribution in [2.24, 2.45) is 5.92 Å². The first-order valence-electron chi connectivity index (χ1n) is 5.45. The SMILES string of the molecule is CS[C@@H]1[C@@H](C)COC12CCCCC2. The third-order valence-corrected chi connectivity index (χ3v) is 5.02. The van der Waals surface area contributed by atoms with E-state index in [4.69, 9.17) is 4.74 Å². The number of hydrogen-bond acceptors (Lipinski definition) is 2. The van der Waals surface area contributed by atoms with Crippen LogP contribution in [0.2, 0.25) is 0 Å². The van der Waals surface area contributed by atoms with E-state index in [1.807, 2.05) is 11.8 Å². The summed E-state index contributed by atoms with van der Waals surface area (Å²) in [6.45, 7) is 3.33. The van der Waals surface area contributed by atoms with Gasteiger partial charge in [0.15, 0.2) is 0 Å². The molecule has 1 aliphatic heterocycles. The molecule has 1 aliphatic carbocycles. The van der Waals surface area contributed by atoms with Crippen LogP contribution in [0.5, 0.6) is 0 Å². The number of rotatable bonds is 1. The molecule has 2 fully saturated rings. The summed E-state index contributed by atoms with van der Waals surface area (Å²) in [6, 6.07) is 0. The molecule has 0 aromatic carbocycles. The van der Waals surface area contributed by atoms with E-state index in [2.05, 4.69) is 13.2 Å². The van der Waals surface area contributed by atoms with Crippen LogP contribution in [0.25, 0.3) is 0 Å². The molecule has 1 spiro atoms. The molecule has 76 valence electrons.